The molecule has 0 unspecified atom stereocenters. The maximum atomic E-state index is 5.74. The number of nitrogens with zero attached hydrogens (tertiary/aromatic N) is 1. The van der Waals surface area contributed by atoms with E-state index >= 15 is 0 Å². The molecule has 1 aliphatic heterocycles. The van der Waals surface area contributed by atoms with E-state index in [1.165, 1.54) is 16.0 Å². The molecule has 0 fully saturated rings. The van der Waals surface area contributed by atoms with E-state index in [9.17, 15) is 0 Å². The van der Waals surface area contributed by atoms with Gasteiger partial charge in [-0.1, -0.05) is 36.0 Å². The Bertz CT molecular complexity index is 657. The van der Waals surface area contributed by atoms with Crippen LogP contribution in [0.25, 0.3) is 0 Å². The second-order valence-corrected chi connectivity index (χ2v) is 6.80. The molecule has 2 nitrogen and oxygen atoms in total. The lowest BCUT2D eigenvalue weighted by Crippen LogP contribution is -2.27. The lowest BCUT2D eigenvalue weighted by atomic mass is 9.90. The molecular weight excluding hydrogens is 264 g/mol. The average Bonchev–Trinajstić information content (AvgIpc) is 2.40. The smallest absolute Gasteiger partial charge is 0.103 e. The van der Waals surface area contributed by atoms with Gasteiger partial charge in [0, 0.05) is 16.1 Å². The number of benzene rings is 2. The van der Waals surface area contributed by atoms with Crippen molar-refractivity contribution in [2.24, 2.45) is 4.99 Å². The van der Waals surface area contributed by atoms with Crippen molar-refractivity contribution in [1.82, 2.24) is 0 Å². The molecule has 0 aromatic heterocycles. The van der Waals surface area contributed by atoms with Crippen LogP contribution in [0.2, 0.25) is 0 Å². The van der Waals surface area contributed by atoms with Crippen LogP contribution in [0.1, 0.15) is 25.0 Å². The van der Waals surface area contributed by atoms with Crippen molar-refractivity contribution in [3.05, 3.63) is 59.7 Å². The van der Waals surface area contributed by atoms with Gasteiger partial charge in [-0.25, -0.2) is 0 Å². The van der Waals surface area contributed by atoms with Crippen molar-refractivity contribution in [3.8, 4) is 0 Å². The number of anilines is 1. The van der Waals surface area contributed by atoms with Gasteiger partial charge in [0.2, 0.25) is 0 Å². The molecule has 102 valence electrons. The minimum atomic E-state index is -0.0372. The fourth-order valence-corrected chi connectivity index (χ4v) is 3.55. The molecule has 0 saturated carbocycles. The Hall–Kier alpha value is -1.74. The van der Waals surface area contributed by atoms with Gasteiger partial charge in [0.25, 0.3) is 0 Å². The largest absolute Gasteiger partial charge is 0.399 e. The summed E-state index contributed by atoms with van der Waals surface area (Å²) in [6, 6.07) is 16.5. The van der Waals surface area contributed by atoms with E-state index in [1.807, 2.05) is 24.3 Å². The molecule has 3 heteroatoms. The third kappa shape index (κ3) is 2.73. The molecule has 2 aromatic carbocycles. The first-order valence-electron chi connectivity index (χ1n) is 6.75. The molecule has 0 atom stereocenters. The predicted octanol–water partition coefficient (Wildman–Crippen LogP) is 4.14. The highest BCUT2D eigenvalue weighted by Crippen LogP contribution is 2.33. The highest BCUT2D eigenvalue weighted by atomic mass is 32.2. The first-order chi connectivity index (χ1) is 9.53. The second-order valence-electron chi connectivity index (χ2n) is 5.73. The molecule has 2 aromatic rings. The van der Waals surface area contributed by atoms with Crippen LogP contribution in [0.4, 0.5) is 5.69 Å². The maximum absolute atomic E-state index is 5.74. The van der Waals surface area contributed by atoms with Crippen molar-refractivity contribution in [2.75, 3.05) is 5.73 Å². The highest BCUT2D eigenvalue weighted by molar-refractivity contribution is 8.14. The molecule has 20 heavy (non-hydrogen) atoms. The zero-order valence-electron chi connectivity index (χ0n) is 11.8. The van der Waals surface area contributed by atoms with E-state index < -0.39 is 0 Å². The van der Waals surface area contributed by atoms with Gasteiger partial charge in [0.1, 0.15) is 5.04 Å². The van der Waals surface area contributed by atoms with Gasteiger partial charge < -0.3 is 5.73 Å². The van der Waals surface area contributed by atoms with Gasteiger partial charge in [-0.15, -0.1) is 0 Å². The first kappa shape index (κ1) is 13.3. The molecule has 2 N–H and O–H groups in total. The first-order valence-corrected chi connectivity index (χ1v) is 7.57. The van der Waals surface area contributed by atoms with E-state index in [4.69, 9.17) is 10.7 Å². The van der Waals surface area contributed by atoms with Gasteiger partial charge in [-0.3, -0.25) is 4.99 Å². The van der Waals surface area contributed by atoms with Crippen LogP contribution < -0.4 is 5.73 Å². The lowest BCUT2D eigenvalue weighted by molar-refractivity contribution is 0.515. The number of nitrogens with two attached hydrogens (primary N) is 1. The quantitative estimate of drug-likeness (QED) is 0.798. The SMILES string of the molecule is CC1(C)Cc2ccccc2C(Sc2ccc(N)cc2)=N1. The molecule has 0 saturated heterocycles. The fourth-order valence-electron chi connectivity index (χ4n) is 2.45. The zero-order chi connectivity index (χ0) is 14.2. The molecule has 0 spiro atoms. The Morgan fingerprint density at radius 2 is 1.75 bits per heavy atom. The number of aliphatic imine (C=N–C) groups is 1. The Labute approximate surface area is 124 Å². The van der Waals surface area contributed by atoms with E-state index in [0.29, 0.717) is 0 Å². The van der Waals surface area contributed by atoms with E-state index in [1.54, 1.807) is 11.8 Å². The van der Waals surface area contributed by atoms with Crippen molar-refractivity contribution < 1.29 is 0 Å². The molecular formula is C17H18N2S. The fraction of sp³-hybridized carbons (Fsp3) is 0.235. The number of rotatable bonds is 1. The number of hydrogen-bond donors (Lipinski definition) is 1. The van der Waals surface area contributed by atoms with Crippen LogP contribution in [-0.4, -0.2) is 10.6 Å². The summed E-state index contributed by atoms with van der Waals surface area (Å²) in [5, 5.41) is 1.10. The Balaban J connectivity index is 1.98. The van der Waals surface area contributed by atoms with Gasteiger partial charge in [-0.05, 0) is 50.1 Å². The average molecular weight is 282 g/mol. The lowest BCUT2D eigenvalue weighted by Gasteiger charge is -2.28. The van der Waals surface area contributed by atoms with Crippen LogP contribution in [-0.2, 0) is 6.42 Å². The van der Waals surface area contributed by atoms with Crippen molar-refractivity contribution in [1.29, 1.82) is 0 Å². The summed E-state index contributed by atoms with van der Waals surface area (Å²) < 4.78 is 0. The third-order valence-electron chi connectivity index (χ3n) is 3.37. The van der Waals surface area contributed by atoms with Crippen LogP contribution >= 0.6 is 11.8 Å². The molecule has 1 aliphatic rings. The second kappa shape index (κ2) is 4.98. The molecule has 3 rings (SSSR count). The summed E-state index contributed by atoms with van der Waals surface area (Å²) in [7, 11) is 0. The van der Waals surface area contributed by atoms with Gasteiger partial charge >= 0.3 is 0 Å². The minimum absolute atomic E-state index is 0.0372. The van der Waals surface area contributed by atoms with E-state index in [2.05, 4.69) is 38.1 Å². The van der Waals surface area contributed by atoms with E-state index in [-0.39, 0.29) is 5.54 Å². The van der Waals surface area contributed by atoms with E-state index in [0.717, 1.165) is 17.2 Å². The summed E-state index contributed by atoms with van der Waals surface area (Å²) in [5.74, 6) is 0. The van der Waals surface area contributed by atoms with Crippen LogP contribution in [0, 0.1) is 0 Å². The maximum Gasteiger partial charge on any atom is 0.103 e. The predicted molar refractivity (Wildman–Crippen MR) is 87.5 cm³/mol. The Kier molecular flexibility index (Phi) is 3.30. The summed E-state index contributed by atoms with van der Waals surface area (Å²) >= 11 is 1.71. The standard InChI is InChI=1S/C17H18N2S/c1-17(2)11-12-5-3-4-6-15(12)16(19-17)20-14-9-7-13(18)8-10-14/h3-10H,11,18H2,1-2H3. The Morgan fingerprint density at radius 3 is 2.50 bits per heavy atom. The molecule has 0 aliphatic carbocycles. The van der Waals surface area contributed by atoms with Crippen molar-refractivity contribution >= 4 is 22.5 Å². The highest BCUT2D eigenvalue weighted by Gasteiger charge is 2.26. The van der Waals surface area contributed by atoms with Crippen LogP contribution in [0.5, 0.6) is 0 Å². The monoisotopic (exact) mass is 282 g/mol. The zero-order valence-corrected chi connectivity index (χ0v) is 12.6. The van der Waals surface area contributed by atoms with Gasteiger partial charge in [0.05, 0.1) is 5.54 Å². The van der Waals surface area contributed by atoms with Crippen LogP contribution in [0.15, 0.2) is 58.4 Å². The molecule has 0 radical (unpaired) electrons. The number of nitrogen functional groups attached to an aromatic ring is 1. The third-order valence-corrected chi connectivity index (χ3v) is 4.38. The normalized spacial score (nSPS) is 16.4. The Morgan fingerprint density at radius 1 is 1.05 bits per heavy atom. The van der Waals surface area contributed by atoms with Crippen LogP contribution in [0.3, 0.4) is 0 Å². The van der Waals surface area contributed by atoms with Crippen molar-refractivity contribution in [3.63, 3.8) is 0 Å². The molecule has 1 heterocycles. The molecule has 0 bridgehead atoms. The molecule has 0 amide bonds. The topological polar surface area (TPSA) is 38.4 Å². The summed E-state index contributed by atoms with van der Waals surface area (Å²) in [6.45, 7) is 4.37. The van der Waals surface area contributed by atoms with Gasteiger partial charge in [0.15, 0.2) is 0 Å². The minimum Gasteiger partial charge on any atom is -0.399 e. The number of fused-ring (bicyclic) bond motifs is 1. The number of thioether (sulfide) groups is 1. The summed E-state index contributed by atoms with van der Waals surface area (Å²) in [6.07, 6.45) is 0.995. The van der Waals surface area contributed by atoms with Gasteiger partial charge in [-0.2, -0.15) is 0 Å². The summed E-state index contributed by atoms with van der Waals surface area (Å²) in [4.78, 5) is 6.09. The number of hydrogen-bond acceptors (Lipinski definition) is 3. The summed E-state index contributed by atoms with van der Waals surface area (Å²) in [5.41, 5.74) is 9.13. The van der Waals surface area contributed by atoms with Crippen molar-refractivity contribution in [2.45, 2.75) is 30.7 Å².